The number of unbranched alkanes of at least 4 members (excludes halogenated alkanes) is 15. The Morgan fingerprint density at radius 2 is 0.548 bits per heavy atom. The molecule has 2 rings (SSSR count). The van der Waals surface area contributed by atoms with E-state index < -0.39 is 80.6 Å². The van der Waals surface area contributed by atoms with Crippen molar-refractivity contribution < 1.29 is 43.9 Å². The van der Waals surface area contributed by atoms with E-state index in [-0.39, 0.29) is 6.42 Å². The predicted octanol–water partition coefficient (Wildman–Crippen LogP) is 11.6. The van der Waals surface area contributed by atoms with Gasteiger partial charge >= 0.3 is 0 Å². The van der Waals surface area contributed by atoms with Crippen LogP contribution in [0.25, 0.3) is 0 Å². The van der Waals surface area contributed by atoms with Crippen LogP contribution < -0.4 is 4.48 Å². The standard InChI is InChI=1S/C31H40F10N/c1-3-4-5-6-7-8-9-10-11-12-13-14-15-16-17-18-19-42(2,30-26(38)22(34)20(32)23(35)27(30)39)31-28(40)24(36)21(33)25(37)29(31)41/h3-19H2,1-2H3/q+1. The van der Waals surface area contributed by atoms with Gasteiger partial charge in [-0.1, -0.05) is 96.8 Å². The van der Waals surface area contributed by atoms with Gasteiger partial charge in [0.25, 0.3) is 0 Å². The van der Waals surface area contributed by atoms with Crippen molar-refractivity contribution in [2.75, 3.05) is 13.6 Å². The Balaban J connectivity index is 2.02. The molecule has 0 aliphatic heterocycles. The lowest BCUT2D eigenvalue weighted by atomic mass is 10.0. The van der Waals surface area contributed by atoms with E-state index in [0.717, 1.165) is 32.1 Å². The van der Waals surface area contributed by atoms with Crippen molar-refractivity contribution in [2.24, 2.45) is 0 Å². The predicted molar refractivity (Wildman–Crippen MR) is 144 cm³/mol. The van der Waals surface area contributed by atoms with Crippen LogP contribution in [0.4, 0.5) is 55.3 Å². The van der Waals surface area contributed by atoms with Gasteiger partial charge in [-0.3, -0.25) is 4.48 Å². The molecule has 11 heteroatoms. The van der Waals surface area contributed by atoms with Crippen LogP contribution in [0.2, 0.25) is 0 Å². The van der Waals surface area contributed by atoms with Gasteiger partial charge in [0.1, 0.15) is 0 Å². The fourth-order valence-corrected chi connectivity index (χ4v) is 5.36. The van der Waals surface area contributed by atoms with Crippen LogP contribution in [0.1, 0.15) is 110 Å². The molecule has 0 aromatic heterocycles. The van der Waals surface area contributed by atoms with Crippen LogP contribution in [0, 0.1) is 58.2 Å². The zero-order valence-corrected chi connectivity index (χ0v) is 24.2. The van der Waals surface area contributed by atoms with Crippen molar-refractivity contribution in [1.82, 2.24) is 4.48 Å². The minimum atomic E-state index is -2.51. The maximum Gasteiger partial charge on any atom is 0.226 e. The normalized spacial score (nSPS) is 12.0. The fourth-order valence-electron chi connectivity index (χ4n) is 5.36. The molecule has 0 amide bonds. The van der Waals surface area contributed by atoms with Gasteiger partial charge in [-0.05, 0) is 12.8 Å². The molecule has 0 spiro atoms. The van der Waals surface area contributed by atoms with E-state index in [4.69, 9.17) is 0 Å². The summed E-state index contributed by atoms with van der Waals surface area (Å²) in [4.78, 5) is 0. The lowest BCUT2D eigenvalue weighted by Crippen LogP contribution is -2.44. The molecule has 0 aliphatic carbocycles. The number of quaternary nitrogens is 1. The topological polar surface area (TPSA) is 0 Å². The molecule has 0 radical (unpaired) electrons. The highest BCUT2D eigenvalue weighted by molar-refractivity contribution is 5.61. The minimum Gasteiger partial charge on any atom is -0.251 e. The summed E-state index contributed by atoms with van der Waals surface area (Å²) >= 11 is 0. The van der Waals surface area contributed by atoms with Gasteiger partial charge in [-0.25, -0.2) is 26.3 Å². The van der Waals surface area contributed by atoms with Crippen molar-refractivity contribution in [3.05, 3.63) is 58.2 Å². The number of nitrogens with zero attached hydrogens (tertiary/aromatic N) is 1. The molecule has 0 aliphatic rings. The van der Waals surface area contributed by atoms with Crippen molar-refractivity contribution in [1.29, 1.82) is 0 Å². The highest BCUT2D eigenvalue weighted by Gasteiger charge is 2.46. The first-order valence-corrected chi connectivity index (χ1v) is 14.8. The third-order valence-electron chi connectivity index (χ3n) is 7.82. The molecule has 0 fully saturated rings. The Morgan fingerprint density at radius 3 is 0.810 bits per heavy atom. The van der Waals surface area contributed by atoms with Crippen molar-refractivity contribution in [2.45, 2.75) is 110 Å². The Kier molecular flexibility index (Phi) is 14.6. The molecule has 0 bridgehead atoms. The van der Waals surface area contributed by atoms with Crippen LogP contribution >= 0.6 is 0 Å². The van der Waals surface area contributed by atoms with Crippen molar-refractivity contribution in [3.8, 4) is 0 Å². The van der Waals surface area contributed by atoms with E-state index in [9.17, 15) is 43.9 Å². The van der Waals surface area contributed by atoms with Crippen LogP contribution in [0.3, 0.4) is 0 Å². The summed E-state index contributed by atoms with van der Waals surface area (Å²) in [7, 11) is 0.655. The highest BCUT2D eigenvalue weighted by Crippen LogP contribution is 2.44. The van der Waals surface area contributed by atoms with Gasteiger partial charge in [-0.15, -0.1) is 0 Å². The molecule has 2 aromatic carbocycles. The summed E-state index contributed by atoms with van der Waals surface area (Å²) in [5.41, 5.74) is -3.42. The largest absolute Gasteiger partial charge is 0.251 e. The van der Waals surface area contributed by atoms with E-state index in [1.54, 1.807) is 0 Å². The molecule has 42 heavy (non-hydrogen) atoms. The Labute approximate surface area is 241 Å². The number of halogens is 10. The van der Waals surface area contributed by atoms with Gasteiger partial charge in [0.2, 0.25) is 69.5 Å². The second kappa shape index (κ2) is 17.1. The highest BCUT2D eigenvalue weighted by atomic mass is 19.2. The molecule has 0 saturated carbocycles. The van der Waals surface area contributed by atoms with Gasteiger partial charge < -0.3 is 0 Å². The summed E-state index contributed by atoms with van der Waals surface area (Å²) in [6.07, 6.45) is 15.8. The van der Waals surface area contributed by atoms with E-state index in [1.807, 2.05) is 0 Å². The summed E-state index contributed by atoms with van der Waals surface area (Å²) in [5.74, 6) is -24.3. The molecule has 2 aromatic rings. The molecule has 0 N–H and O–H groups in total. The van der Waals surface area contributed by atoms with Gasteiger partial charge in [0.05, 0.1) is 13.6 Å². The number of hydrogen-bond donors (Lipinski definition) is 0. The van der Waals surface area contributed by atoms with Gasteiger partial charge in [0.15, 0.2) is 0 Å². The third-order valence-corrected chi connectivity index (χ3v) is 7.82. The second-order valence-electron chi connectivity index (χ2n) is 11.1. The fraction of sp³-hybridized carbons (Fsp3) is 0.613. The number of hydrogen-bond acceptors (Lipinski definition) is 0. The quantitative estimate of drug-likeness (QED) is 0.0484. The van der Waals surface area contributed by atoms with Gasteiger partial charge in [0, 0.05) is 0 Å². The number of rotatable bonds is 19. The maximum absolute atomic E-state index is 14.8. The van der Waals surface area contributed by atoms with Crippen molar-refractivity contribution in [3.63, 3.8) is 0 Å². The third kappa shape index (κ3) is 8.63. The zero-order chi connectivity index (χ0) is 31.4. The summed E-state index contributed by atoms with van der Waals surface area (Å²) in [6, 6.07) is 0. The van der Waals surface area contributed by atoms with Crippen LogP contribution in [0.15, 0.2) is 0 Å². The first-order valence-electron chi connectivity index (χ1n) is 14.8. The van der Waals surface area contributed by atoms with E-state index in [1.165, 1.54) is 51.4 Å². The molecule has 238 valence electrons. The smallest absolute Gasteiger partial charge is 0.226 e. The van der Waals surface area contributed by atoms with Crippen LogP contribution in [-0.4, -0.2) is 13.6 Å². The molecular weight excluding hydrogens is 576 g/mol. The molecule has 1 nitrogen and oxygen atoms in total. The van der Waals surface area contributed by atoms with Gasteiger partial charge in [-0.2, -0.15) is 17.6 Å². The maximum atomic E-state index is 14.8. The average Bonchev–Trinajstić information content (AvgIpc) is 2.97. The molecule has 0 heterocycles. The summed E-state index contributed by atoms with van der Waals surface area (Å²) in [5, 5.41) is 0. The lowest BCUT2D eigenvalue weighted by Gasteiger charge is -2.34. The zero-order valence-electron chi connectivity index (χ0n) is 24.2. The monoisotopic (exact) mass is 616 g/mol. The Bertz CT molecular complexity index is 1040. The van der Waals surface area contributed by atoms with E-state index in [0.29, 0.717) is 19.9 Å². The Morgan fingerprint density at radius 1 is 0.333 bits per heavy atom. The van der Waals surface area contributed by atoms with Crippen LogP contribution in [-0.2, 0) is 0 Å². The minimum absolute atomic E-state index is 0.0618. The Hall–Kier alpha value is -2.30. The lowest BCUT2D eigenvalue weighted by molar-refractivity contribution is 0.314. The summed E-state index contributed by atoms with van der Waals surface area (Å²) in [6.45, 7) is 1.49. The molecule has 0 atom stereocenters. The van der Waals surface area contributed by atoms with E-state index in [2.05, 4.69) is 6.92 Å². The first kappa shape index (κ1) is 35.9. The van der Waals surface area contributed by atoms with Crippen LogP contribution in [0.5, 0.6) is 0 Å². The SMILES string of the molecule is CCCCCCCCCCCCCCCCCC[N+](C)(c1c(F)c(F)c(F)c(F)c1F)c1c(F)c(F)c(F)c(F)c1F. The molecule has 0 unspecified atom stereocenters. The molecular formula is C31H40F10N+. The van der Waals surface area contributed by atoms with E-state index >= 15 is 0 Å². The number of benzene rings is 2. The van der Waals surface area contributed by atoms with Crippen molar-refractivity contribution >= 4 is 11.4 Å². The average molecular weight is 617 g/mol. The second-order valence-corrected chi connectivity index (χ2v) is 11.1. The summed E-state index contributed by atoms with van der Waals surface area (Å²) < 4.78 is 141. The molecule has 0 saturated heterocycles. The first-order chi connectivity index (χ1) is 19.9.